The van der Waals surface area contributed by atoms with E-state index in [2.05, 4.69) is 0 Å². The van der Waals surface area contributed by atoms with E-state index in [4.69, 9.17) is 0 Å². The van der Waals surface area contributed by atoms with Gasteiger partial charge in [0.05, 0.1) is 29.1 Å². The van der Waals surface area contributed by atoms with Crippen LogP contribution in [0.4, 0.5) is 24.5 Å². The summed E-state index contributed by atoms with van der Waals surface area (Å²) < 4.78 is 40.4. The van der Waals surface area contributed by atoms with E-state index in [0.29, 0.717) is 5.56 Å². The molecule has 0 aliphatic carbocycles. The molecule has 198 valence electrons. The Labute approximate surface area is 227 Å². The zero-order valence-corrected chi connectivity index (χ0v) is 20.9. The van der Waals surface area contributed by atoms with Crippen LogP contribution in [0.2, 0.25) is 0 Å². The van der Waals surface area contributed by atoms with Crippen LogP contribution in [-0.2, 0) is 15.8 Å². The van der Waals surface area contributed by atoms with Gasteiger partial charge in [0, 0.05) is 16.8 Å². The Morgan fingerprint density at radius 2 is 1.50 bits per heavy atom. The summed E-state index contributed by atoms with van der Waals surface area (Å²) in [4.78, 5) is 44.7. The summed E-state index contributed by atoms with van der Waals surface area (Å²) in [6, 6.07) is 22.8. The maximum Gasteiger partial charge on any atom is 0.416 e. The van der Waals surface area contributed by atoms with Crippen LogP contribution >= 0.6 is 0 Å². The molecule has 40 heavy (non-hydrogen) atoms. The molecular weight excluding hydrogens is 517 g/mol. The molecule has 0 spiro atoms. The number of anilines is 2. The number of imide groups is 1. The molecule has 4 aromatic rings. The summed E-state index contributed by atoms with van der Waals surface area (Å²) in [5.74, 6) is -3.60. The fourth-order valence-corrected chi connectivity index (χ4v) is 6.48. The molecule has 0 bridgehead atoms. The molecule has 5 nitrogen and oxygen atoms in total. The molecule has 3 aliphatic rings. The highest BCUT2D eigenvalue weighted by Crippen LogP contribution is 2.51. The highest BCUT2D eigenvalue weighted by atomic mass is 19.4. The highest BCUT2D eigenvalue weighted by molar-refractivity contribution is 6.25. The van der Waals surface area contributed by atoms with Crippen molar-refractivity contribution in [3.63, 3.8) is 0 Å². The van der Waals surface area contributed by atoms with E-state index in [1.165, 1.54) is 12.1 Å². The van der Waals surface area contributed by atoms with Crippen molar-refractivity contribution < 1.29 is 27.6 Å². The topological polar surface area (TPSA) is 57.7 Å². The average molecular weight is 539 g/mol. The predicted octanol–water partition coefficient (Wildman–Crippen LogP) is 6.13. The number of hydrogen-bond acceptors (Lipinski definition) is 4. The second-order valence-corrected chi connectivity index (χ2v) is 10.3. The molecule has 2 amide bonds. The normalized spacial score (nSPS) is 23.4. The van der Waals surface area contributed by atoms with Crippen LogP contribution in [0, 0.1) is 11.8 Å². The van der Waals surface area contributed by atoms with Gasteiger partial charge in [0.25, 0.3) is 0 Å². The SMILES string of the molecule is O=C(c1ccccc1)[C@@H]1[C@@H]2C(=O)N(c3cccc(C(F)(F)F)c3)C(=O)[C@@H]2[C@H]2C=Cc3c(ccc4ccccc34)N21. The van der Waals surface area contributed by atoms with Gasteiger partial charge < -0.3 is 4.90 Å². The van der Waals surface area contributed by atoms with Crippen LogP contribution in [0.3, 0.4) is 0 Å². The molecule has 3 heterocycles. The van der Waals surface area contributed by atoms with E-state index in [-0.39, 0.29) is 11.5 Å². The molecule has 7 rings (SSSR count). The van der Waals surface area contributed by atoms with Crippen LogP contribution in [0.1, 0.15) is 21.5 Å². The van der Waals surface area contributed by atoms with Gasteiger partial charge >= 0.3 is 6.18 Å². The van der Waals surface area contributed by atoms with Crippen molar-refractivity contribution in [2.24, 2.45) is 11.8 Å². The first kappa shape index (κ1) is 24.3. The van der Waals surface area contributed by atoms with Gasteiger partial charge in [-0.1, -0.05) is 78.9 Å². The number of halogens is 3. The van der Waals surface area contributed by atoms with Gasteiger partial charge in [-0.2, -0.15) is 13.2 Å². The third-order valence-corrected chi connectivity index (χ3v) is 8.17. The molecule has 2 saturated heterocycles. The van der Waals surface area contributed by atoms with Crippen LogP contribution in [0.5, 0.6) is 0 Å². The molecule has 8 heteroatoms. The van der Waals surface area contributed by atoms with E-state index < -0.39 is 47.5 Å². The molecule has 4 aromatic carbocycles. The van der Waals surface area contributed by atoms with Crippen LogP contribution in [-0.4, -0.2) is 29.7 Å². The van der Waals surface area contributed by atoms with Gasteiger partial charge in [-0.05, 0) is 35.0 Å². The lowest BCUT2D eigenvalue weighted by atomic mass is 9.86. The van der Waals surface area contributed by atoms with Crippen molar-refractivity contribution in [1.29, 1.82) is 0 Å². The smallest absolute Gasteiger partial charge is 0.352 e. The zero-order valence-electron chi connectivity index (χ0n) is 20.9. The largest absolute Gasteiger partial charge is 0.416 e. The number of nitrogens with zero attached hydrogens (tertiary/aromatic N) is 2. The lowest BCUT2D eigenvalue weighted by Crippen LogP contribution is -2.48. The summed E-state index contributed by atoms with van der Waals surface area (Å²) >= 11 is 0. The third-order valence-electron chi connectivity index (χ3n) is 8.17. The predicted molar refractivity (Wildman–Crippen MR) is 145 cm³/mol. The molecule has 2 fully saturated rings. The quantitative estimate of drug-likeness (QED) is 0.233. The standard InChI is InChI=1S/C32H21F3N2O3/c33-32(34,35)20-10-6-11-21(17-20)36-30(39)26-25-16-14-23-22-12-5-4-7-18(22)13-15-24(23)37(25)28(27(26)31(36)40)29(38)19-8-2-1-3-9-19/h1-17,25-28H/t25-,26-,27-,28+/m1/s1. The van der Waals surface area contributed by atoms with E-state index >= 15 is 0 Å². The summed E-state index contributed by atoms with van der Waals surface area (Å²) in [6.07, 6.45) is -0.889. The number of benzene rings is 4. The number of fused-ring (bicyclic) bond motifs is 7. The maximum absolute atomic E-state index is 14.1. The molecular formula is C32H21F3N2O3. The number of ketones is 1. The van der Waals surface area contributed by atoms with Gasteiger partial charge in [0.15, 0.2) is 5.78 Å². The lowest BCUT2D eigenvalue weighted by molar-refractivity contribution is -0.137. The summed E-state index contributed by atoms with van der Waals surface area (Å²) in [5.41, 5.74) is 0.903. The number of amides is 2. The van der Waals surface area contributed by atoms with Crippen LogP contribution < -0.4 is 9.80 Å². The number of carbonyl (C=O) groups is 3. The monoisotopic (exact) mass is 538 g/mol. The van der Waals surface area contributed by atoms with Gasteiger partial charge in [-0.15, -0.1) is 0 Å². The molecule has 0 unspecified atom stereocenters. The summed E-state index contributed by atoms with van der Waals surface area (Å²) in [6.45, 7) is 0. The molecule has 0 aromatic heterocycles. The number of carbonyl (C=O) groups excluding carboxylic acids is 3. The van der Waals surface area contributed by atoms with Crippen molar-refractivity contribution in [3.8, 4) is 0 Å². The maximum atomic E-state index is 14.1. The fourth-order valence-electron chi connectivity index (χ4n) is 6.48. The fraction of sp³-hybridized carbons (Fsp3) is 0.156. The van der Waals surface area contributed by atoms with Gasteiger partial charge in [0.1, 0.15) is 6.04 Å². The van der Waals surface area contributed by atoms with E-state index in [1.54, 1.807) is 30.3 Å². The van der Waals surface area contributed by atoms with E-state index in [0.717, 1.165) is 39.1 Å². The Morgan fingerprint density at radius 3 is 2.27 bits per heavy atom. The second kappa shape index (κ2) is 8.64. The van der Waals surface area contributed by atoms with Crippen molar-refractivity contribution in [2.75, 3.05) is 9.80 Å². The number of rotatable bonds is 3. The first-order chi connectivity index (χ1) is 19.3. The molecule has 4 atom stereocenters. The molecule has 3 aliphatic heterocycles. The Kier molecular flexibility index (Phi) is 5.26. The molecule has 0 saturated carbocycles. The Bertz CT molecular complexity index is 1750. The third kappa shape index (κ3) is 3.45. The summed E-state index contributed by atoms with van der Waals surface area (Å²) in [7, 11) is 0. The van der Waals surface area contributed by atoms with Gasteiger partial charge in [-0.3, -0.25) is 14.4 Å². The summed E-state index contributed by atoms with van der Waals surface area (Å²) in [5, 5.41) is 1.98. The Hall–Kier alpha value is -4.72. The van der Waals surface area contributed by atoms with Crippen molar-refractivity contribution in [3.05, 3.63) is 114 Å². The Balaban J connectivity index is 1.38. The minimum Gasteiger partial charge on any atom is -0.352 e. The number of hydrogen-bond donors (Lipinski definition) is 0. The minimum absolute atomic E-state index is 0.150. The average Bonchev–Trinajstić information content (AvgIpc) is 3.44. The molecule has 0 radical (unpaired) electrons. The van der Waals surface area contributed by atoms with E-state index in [9.17, 15) is 27.6 Å². The van der Waals surface area contributed by atoms with Gasteiger partial charge in [-0.25, -0.2) is 4.90 Å². The first-order valence-electron chi connectivity index (χ1n) is 12.9. The van der Waals surface area contributed by atoms with Crippen molar-refractivity contribution in [1.82, 2.24) is 0 Å². The second-order valence-electron chi connectivity index (χ2n) is 10.3. The number of alkyl halides is 3. The highest BCUT2D eigenvalue weighted by Gasteiger charge is 2.64. The molecule has 0 N–H and O–H groups in total. The van der Waals surface area contributed by atoms with Gasteiger partial charge in [0.2, 0.25) is 11.8 Å². The number of Topliss-reactive ketones (excluding diaryl/α,β-unsaturated/α-hetero) is 1. The van der Waals surface area contributed by atoms with Crippen molar-refractivity contribution in [2.45, 2.75) is 18.3 Å². The zero-order chi connectivity index (χ0) is 27.8. The van der Waals surface area contributed by atoms with Crippen LogP contribution in [0.25, 0.3) is 16.8 Å². The van der Waals surface area contributed by atoms with Crippen LogP contribution in [0.15, 0.2) is 97.1 Å². The Morgan fingerprint density at radius 1 is 0.775 bits per heavy atom. The first-order valence-corrected chi connectivity index (χ1v) is 12.9. The van der Waals surface area contributed by atoms with Crippen molar-refractivity contribution >= 4 is 45.8 Å². The van der Waals surface area contributed by atoms with E-state index in [1.807, 2.05) is 53.5 Å². The minimum atomic E-state index is -4.64. The lowest BCUT2D eigenvalue weighted by Gasteiger charge is -2.37.